The van der Waals surface area contributed by atoms with E-state index in [0.717, 1.165) is 50.7 Å². The van der Waals surface area contributed by atoms with E-state index in [2.05, 4.69) is 56.4 Å². The van der Waals surface area contributed by atoms with E-state index in [0.29, 0.717) is 26.4 Å². The van der Waals surface area contributed by atoms with Gasteiger partial charge in [0.25, 0.3) is 0 Å². The van der Waals surface area contributed by atoms with E-state index < -0.39 is 0 Å². The minimum Gasteiger partial charge on any atom is -0.379 e. The summed E-state index contributed by atoms with van der Waals surface area (Å²) in [5, 5.41) is 6.59. The third-order valence-electron chi connectivity index (χ3n) is 4.42. The van der Waals surface area contributed by atoms with Crippen LogP contribution >= 0.6 is 24.0 Å². The third kappa shape index (κ3) is 10.9. The van der Waals surface area contributed by atoms with Crippen LogP contribution in [0.25, 0.3) is 0 Å². The topological polar surface area (TPSA) is 72.7 Å². The van der Waals surface area contributed by atoms with Crippen LogP contribution < -0.4 is 10.6 Å². The summed E-state index contributed by atoms with van der Waals surface area (Å²) in [5.41, 5.74) is 1.27. The van der Waals surface area contributed by atoms with Gasteiger partial charge in [-0.3, -0.25) is 4.99 Å². The Morgan fingerprint density at radius 2 is 1.77 bits per heavy atom. The maximum absolute atomic E-state index is 5.56. The molecule has 0 radical (unpaired) electrons. The number of aliphatic imine (C=N–C) groups is 1. The first-order valence-electron chi connectivity index (χ1n) is 10.5. The molecule has 168 valence electrons. The van der Waals surface area contributed by atoms with Crippen molar-refractivity contribution in [1.82, 2.24) is 20.2 Å². The number of hydrogen-bond acceptors (Lipinski definition) is 4. The second-order valence-corrected chi connectivity index (χ2v) is 6.71. The van der Waals surface area contributed by atoms with Crippen molar-refractivity contribution in [3.8, 4) is 0 Å². The van der Waals surface area contributed by atoms with Crippen molar-refractivity contribution in [2.75, 3.05) is 46.6 Å². The Morgan fingerprint density at radius 3 is 2.50 bits per heavy atom. The fourth-order valence-corrected chi connectivity index (χ4v) is 2.82. The quantitative estimate of drug-likeness (QED) is 0.170. The summed E-state index contributed by atoms with van der Waals surface area (Å²) in [7, 11) is 1.77. The van der Waals surface area contributed by atoms with Crippen LogP contribution in [0.15, 0.2) is 47.7 Å². The molecule has 0 aliphatic rings. The summed E-state index contributed by atoms with van der Waals surface area (Å²) in [5.74, 6) is 1.83. The molecule has 0 unspecified atom stereocenters. The molecule has 1 aromatic heterocycles. The maximum Gasteiger partial charge on any atom is 0.191 e. The summed E-state index contributed by atoms with van der Waals surface area (Å²) in [6.07, 6.45) is 6.97. The molecule has 2 N–H and O–H groups in total. The molecule has 1 heterocycles. The number of aromatic nitrogens is 2. The second-order valence-electron chi connectivity index (χ2n) is 6.71. The number of ether oxygens (including phenoxy) is 2. The molecule has 0 amide bonds. The highest BCUT2D eigenvalue weighted by Crippen LogP contribution is 2.05. The minimum absolute atomic E-state index is 0. The molecule has 0 atom stereocenters. The number of hydrogen-bond donors (Lipinski definition) is 2. The lowest BCUT2D eigenvalue weighted by atomic mass is 10.2. The zero-order valence-electron chi connectivity index (χ0n) is 18.2. The van der Waals surface area contributed by atoms with Gasteiger partial charge in [0.1, 0.15) is 5.82 Å². The number of nitrogens with zero attached hydrogens (tertiary/aromatic N) is 3. The average Bonchev–Trinajstić information content (AvgIpc) is 3.18. The molecule has 30 heavy (non-hydrogen) atoms. The predicted octanol–water partition coefficient (Wildman–Crippen LogP) is 3.09. The van der Waals surface area contributed by atoms with Gasteiger partial charge in [0.05, 0.1) is 19.8 Å². The fourth-order valence-electron chi connectivity index (χ4n) is 2.82. The van der Waals surface area contributed by atoms with Crippen LogP contribution in [-0.4, -0.2) is 62.1 Å². The highest BCUT2D eigenvalue weighted by atomic mass is 127. The molecule has 0 saturated heterocycles. The Bertz CT molecular complexity index is 694. The van der Waals surface area contributed by atoms with Gasteiger partial charge in [0.2, 0.25) is 0 Å². The maximum atomic E-state index is 5.56. The van der Waals surface area contributed by atoms with Crippen LogP contribution in [0.4, 0.5) is 0 Å². The summed E-state index contributed by atoms with van der Waals surface area (Å²) in [6.45, 7) is 7.19. The van der Waals surface area contributed by atoms with Crippen LogP contribution in [0.2, 0.25) is 0 Å². The van der Waals surface area contributed by atoms with E-state index in [9.17, 15) is 0 Å². The second kappa shape index (κ2) is 17.1. The van der Waals surface area contributed by atoms with Crippen LogP contribution in [0, 0.1) is 0 Å². The molecular formula is C22H36IN5O2. The van der Waals surface area contributed by atoms with E-state index in [-0.39, 0.29) is 24.0 Å². The summed E-state index contributed by atoms with van der Waals surface area (Å²) in [4.78, 5) is 8.74. The van der Waals surface area contributed by atoms with Crippen molar-refractivity contribution in [2.45, 2.75) is 32.7 Å². The molecule has 2 aromatic rings. The van der Waals surface area contributed by atoms with Crippen molar-refractivity contribution >= 4 is 29.9 Å². The van der Waals surface area contributed by atoms with Gasteiger partial charge in [-0.15, -0.1) is 24.0 Å². The molecule has 0 bridgehead atoms. The van der Waals surface area contributed by atoms with Gasteiger partial charge < -0.3 is 24.7 Å². The molecule has 2 rings (SSSR count). The average molecular weight is 529 g/mol. The first-order chi connectivity index (χ1) is 14.3. The largest absolute Gasteiger partial charge is 0.379 e. The van der Waals surface area contributed by atoms with Crippen LogP contribution in [0.1, 0.15) is 31.2 Å². The zero-order valence-corrected chi connectivity index (χ0v) is 20.5. The molecule has 0 spiro atoms. The molecule has 0 saturated carbocycles. The van der Waals surface area contributed by atoms with Gasteiger partial charge in [-0.05, 0) is 12.0 Å². The Hall–Kier alpha value is -1.65. The SMILES string of the molecule is CCCCOCCOCCNC(=NC)NCCc1nccn1Cc1ccccc1.I. The van der Waals surface area contributed by atoms with Crippen LogP contribution in [0.3, 0.4) is 0 Å². The van der Waals surface area contributed by atoms with Gasteiger partial charge in [-0.2, -0.15) is 0 Å². The highest BCUT2D eigenvalue weighted by Gasteiger charge is 2.04. The summed E-state index contributed by atoms with van der Waals surface area (Å²) >= 11 is 0. The molecule has 0 aliphatic carbocycles. The molecular weight excluding hydrogens is 493 g/mol. The number of rotatable bonds is 14. The standard InChI is InChI=1S/C22H35N5O2.HI/c1-3-4-15-28-17-18-29-16-13-26-22(23-2)25-11-10-21-24-12-14-27(21)19-20-8-6-5-7-9-20;/h5-9,12,14H,3-4,10-11,13,15-19H2,1-2H3,(H2,23,25,26);1H. The van der Waals surface area contributed by atoms with E-state index in [1.54, 1.807) is 7.05 Å². The van der Waals surface area contributed by atoms with Crippen molar-refractivity contribution in [3.63, 3.8) is 0 Å². The summed E-state index contributed by atoms with van der Waals surface area (Å²) in [6, 6.07) is 10.4. The number of benzene rings is 1. The lowest BCUT2D eigenvalue weighted by molar-refractivity contribution is 0.0487. The third-order valence-corrected chi connectivity index (χ3v) is 4.42. The van der Waals surface area contributed by atoms with Crippen molar-refractivity contribution in [2.24, 2.45) is 4.99 Å². The molecule has 0 fully saturated rings. The van der Waals surface area contributed by atoms with Gasteiger partial charge in [0.15, 0.2) is 5.96 Å². The number of halogens is 1. The van der Waals surface area contributed by atoms with Gasteiger partial charge in [0, 0.05) is 52.1 Å². The highest BCUT2D eigenvalue weighted by molar-refractivity contribution is 14.0. The Kier molecular flexibility index (Phi) is 15.0. The van der Waals surface area contributed by atoms with E-state index in [1.807, 2.05) is 18.5 Å². The monoisotopic (exact) mass is 529 g/mol. The molecule has 8 heteroatoms. The van der Waals surface area contributed by atoms with Crippen LogP contribution in [0.5, 0.6) is 0 Å². The van der Waals surface area contributed by atoms with Crippen molar-refractivity contribution in [1.29, 1.82) is 0 Å². The lowest BCUT2D eigenvalue weighted by Gasteiger charge is -2.13. The lowest BCUT2D eigenvalue weighted by Crippen LogP contribution is -2.40. The normalized spacial score (nSPS) is 11.2. The van der Waals surface area contributed by atoms with Gasteiger partial charge in [-0.25, -0.2) is 4.98 Å². The van der Waals surface area contributed by atoms with Crippen molar-refractivity contribution < 1.29 is 9.47 Å². The minimum atomic E-state index is 0. The van der Waals surface area contributed by atoms with Crippen LogP contribution in [-0.2, 0) is 22.4 Å². The first-order valence-corrected chi connectivity index (χ1v) is 10.5. The molecule has 7 nitrogen and oxygen atoms in total. The van der Waals surface area contributed by atoms with Gasteiger partial charge >= 0.3 is 0 Å². The summed E-state index contributed by atoms with van der Waals surface area (Å²) < 4.78 is 13.2. The van der Waals surface area contributed by atoms with Gasteiger partial charge in [-0.1, -0.05) is 43.7 Å². The number of unbranched alkanes of at least 4 members (excludes halogenated alkanes) is 1. The number of nitrogens with one attached hydrogen (secondary N) is 2. The number of guanidine groups is 1. The number of imidazole rings is 1. The van der Waals surface area contributed by atoms with E-state index in [1.165, 1.54) is 5.56 Å². The Labute approximate surface area is 197 Å². The first kappa shape index (κ1) is 26.4. The van der Waals surface area contributed by atoms with E-state index in [4.69, 9.17) is 9.47 Å². The molecule has 0 aliphatic heterocycles. The zero-order chi connectivity index (χ0) is 20.6. The Balaban J connectivity index is 0.00000450. The molecule has 1 aromatic carbocycles. The van der Waals surface area contributed by atoms with Crippen molar-refractivity contribution in [3.05, 3.63) is 54.1 Å². The predicted molar refractivity (Wildman–Crippen MR) is 133 cm³/mol. The Morgan fingerprint density at radius 1 is 1.03 bits per heavy atom. The fraction of sp³-hybridized carbons (Fsp3) is 0.545. The smallest absolute Gasteiger partial charge is 0.191 e. The van der Waals surface area contributed by atoms with E-state index >= 15 is 0 Å².